The summed E-state index contributed by atoms with van der Waals surface area (Å²) in [7, 11) is 1.62. The monoisotopic (exact) mass is 254 g/mol. The maximum atomic E-state index is 11.8. The van der Waals surface area contributed by atoms with Crippen molar-refractivity contribution in [2.24, 2.45) is 0 Å². The van der Waals surface area contributed by atoms with Gasteiger partial charge in [0.05, 0.1) is 11.9 Å². The van der Waals surface area contributed by atoms with E-state index in [0.717, 1.165) is 28.9 Å². The molecule has 1 aromatic rings. The van der Waals surface area contributed by atoms with Crippen LogP contribution >= 0.6 is 15.9 Å². The molecule has 1 unspecified atom stereocenters. The Bertz CT molecular complexity index is 399. The van der Waals surface area contributed by atoms with Crippen LogP contribution in [-0.4, -0.2) is 17.7 Å². The molecule has 3 heteroatoms. The van der Waals surface area contributed by atoms with E-state index in [2.05, 4.69) is 15.9 Å². The number of halogens is 1. The number of carbonyl (C=O) groups excluding carboxylic acids is 1. The Morgan fingerprint density at radius 2 is 2.21 bits per heavy atom. The first kappa shape index (κ1) is 9.71. The van der Waals surface area contributed by atoms with Crippen LogP contribution < -0.4 is 4.74 Å². The van der Waals surface area contributed by atoms with Gasteiger partial charge in [-0.2, -0.15) is 0 Å². The minimum atomic E-state index is -0.0525. The smallest absolute Gasteiger partial charge is 0.177 e. The zero-order chi connectivity index (χ0) is 10.3. The topological polar surface area (TPSA) is 26.3 Å². The molecule has 0 spiro atoms. The molecule has 2 rings (SSSR count). The minimum Gasteiger partial charge on any atom is -0.496 e. The van der Waals surface area contributed by atoms with Gasteiger partial charge in [-0.3, -0.25) is 4.79 Å². The van der Waals surface area contributed by atoms with Crippen molar-refractivity contribution >= 4 is 21.7 Å². The number of benzene rings is 1. The number of Topliss-reactive ketones (excluding diaryl/α,β-unsaturated/α-hetero) is 1. The summed E-state index contributed by atoms with van der Waals surface area (Å²) in [5.41, 5.74) is 2.92. The summed E-state index contributed by atoms with van der Waals surface area (Å²) in [6.07, 6.45) is 0.791. The normalized spacial score (nSPS) is 19.6. The molecule has 1 aliphatic rings. The maximum absolute atomic E-state index is 11.8. The van der Waals surface area contributed by atoms with Crippen molar-refractivity contribution in [2.75, 3.05) is 7.11 Å². The highest BCUT2D eigenvalue weighted by atomic mass is 79.9. The Morgan fingerprint density at radius 3 is 2.86 bits per heavy atom. The Morgan fingerprint density at radius 1 is 1.50 bits per heavy atom. The Balaban J connectivity index is 2.60. The zero-order valence-electron chi connectivity index (χ0n) is 8.13. The van der Waals surface area contributed by atoms with Crippen LogP contribution in [0.5, 0.6) is 5.75 Å². The summed E-state index contributed by atoms with van der Waals surface area (Å²) in [4.78, 5) is 11.7. The van der Waals surface area contributed by atoms with E-state index in [1.807, 2.05) is 19.1 Å². The SMILES string of the molecule is COc1ccc2c(c1C)C(=O)C(Br)C2. The number of ketones is 1. The van der Waals surface area contributed by atoms with E-state index in [-0.39, 0.29) is 10.6 Å². The molecule has 1 aliphatic carbocycles. The zero-order valence-corrected chi connectivity index (χ0v) is 9.72. The van der Waals surface area contributed by atoms with E-state index in [1.54, 1.807) is 7.11 Å². The number of methoxy groups -OCH3 is 1. The Labute approximate surface area is 91.4 Å². The molecule has 1 aromatic carbocycles. The van der Waals surface area contributed by atoms with Crippen molar-refractivity contribution in [1.82, 2.24) is 0 Å². The van der Waals surface area contributed by atoms with E-state index in [1.165, 1.54) is 0 Å². The molecule has 0 heterocycles. The van der Waals surface area contributed by atoms with Crippen LogP contribution in [0.15, 0.2) is 12.1 Å². The van der Waals surface area contributed by atoms with Gasteiger partial charge in [0.25, 0.3) is 0 Å². The lowest BCUT2D eigenvalue weighted by Gasteiger charge is -2.08. The van der Waals surface area contributed by atoms with Crippen LogP contribution in [0, 0.1) is 6.92 Å². The molecule has 0 aliphatic heterocycles. The van der Waals surface area contributed by atoms with Gasteiger partial charge in [0.15, 0.2) is 5.78 Å². The van der Waals surface area contributed by atoms with Crippen LogP contribution in [0.2, 0.25) is 0 Å². The van der Waals surface area contributed by atoms with Gasteiger partial charge < -0.3 is 4.74 Å². The molecule has 0 fully saturated rings. The molecule has 0 saturated heterocycles. The summed E-state index contributed by atoms with van der Waals surface area (Å²) >= 11 is 3.37. The first-order valence-electron chi connectivity index (χ1n) is 4.50. The number of rotatable bonds is 1. The molecule has 0 saturated carbocycles. The summed E-state index contributed by atoms with van der Waals surface area (Å²) in [6.45, 7) is 1.93. The Hall–Kier alpha value is -0.830. The molecule has 14 heavy (non-hydrogen) atoms. The van der Waals surface area contributed by atoms with Crippen molar-refractivity contribution in [3.63, 3.8) is 0 Å². The highest BCUT2D eigenvalue weighted by Gasteiger charge is 2.30. The van der Waals surface area contributed by atoms with E-state index in [4.69, 9.17) is 4.74 Å². The van der Waals surface area contributed by atoms with E-state index < -0.39 is 0 Å². The van der Waals surface area contributed by atoms with Gasteiger partial charge in [0.2, 0.25) is 0 Å². The third kappa shape index (κ3) is 1.27. The van der Waals surface area contributed by atoms with Crippen LogP contribution in [-0.2, 0) is 6.42 Å². The molecule has 0 N–H and O–H groups in total. The highest BCUT2D eigenvalue weighted by Crippen LogP contribution is 2.33. The number of carbonyl (C=O) groups is 1. The van der Waals surface area contributed by atoms with Crippen LogP contribution in [0.4, 0.5) is 0 Å². The number of ether oxygens (including phenoxy) is 1. The minimum absolute atomic E-state index is 0.0525. The van der Waals surface area contributed by atoms with E-state index >= 15 is 0 Å². The molecular weight excluding hydrogens is 244 g/mol. The van der Waals surface area contributed by atoms with Crippen molar-refractivity contribution in [1.29, 1.82) is 0 Å². The van der Waals surface area contributed by atoms with Gasteiger partial charge in [-0.1, -0.05) is 22.0 Å². The molecule has 74 valence electrons. The highest BCUT2D eigenvalue weighted by molar-refractivity contribution is 9.10. The average Bonchev–Trinajstić information content (AvgIpc) is 2.44. The molecular formula is C11H11BrO2. The van der Waals surface area contributed by atoms with Gasteiger partial charge in [0, 0.05) is 11.1 Å². The van der Waals surface area contributed by atoms with E-state index in [0.29, 0.717) is 0 Å². The molecule has 0 aromatic heterocycles. The summed E-state index contributed by atoms with van der Waals surface area (Å²) in [5.74, 6) is 0.968. The third-order valence-corrected chi connectivity index (χ3v) is 3.39. The summed E-state index contributed by atoms with van der Waals surface area (Å²) in [6, 6.07) is 3.90. The molecule has 1 atom stereocenters. The molecule has 0 bridgehead atoms. The lowest BCUT2D eigenvalue weighted by Crippen LogP contribution is -2.07. The standard InChI is InChI=1S/C11H11BrO2/c1-6-9(14-2)4-3-7-5-8(12)11(13)10(6)7/h3-4,8H,5H2,1-2H3. The second-order valence-electron chi connectivity index (χ2n) is 3.46. The first-order valence-corrected chi connectivity index (χ1v) is 5.41. The van der Waals surface area contributed by atoms with Crippen LogP contribution in [0.3, 0.4) is 0 Å². The summed E-state index contributed by atoms with van der Waals surface area (Å²) in [5, 5.41) is 0. The number of fused-ring (bicyclic) bond motifs is 1. The first-order chi connectivity index (χ1) is 6.65. The second-order valence-corrected chi connectivity index (χ2v) is 4.57. The van der Waals surface area contributed by atoms with Gasteiger partial charge >= 0.3 is 0 Å². The van der Waals surface area contributed by atoms with Crippen molar-refractivity contribution in [2.45, 2.75) is 18.2 Å². The fourth-order valence-corrected chi connectivity index (χ4v) is 2.50. The fraction of sp³-hybridized carbons (Fsp3) is 0.364. The van der Waals surface area contributed by atoms with Crippen molar-refractivity contribution in [3.05, 3.63) is 28.8 Å². The van der Waals surface area contributed by atoms with Crippen molar-refractivity contribution in [3.8, 4) is 5.75 Å². The van der Waals surface area contributed by atoms with E-state index in [9.17, 15) is 4.79 Å². The third-order valence-electron chi connectivity index (χ3n) is 2.65. The van der Waals surface area contributed by atoms with Crippen LogP contribution in [0.1, 0.15) is 21.5 Å². The predicted octanol–water partition coefficient (Wildman–Crippen LogP) is 2.51. The lowest BCUT2D eigenvalue weighted by molar-refractivity contribution is 0.100. The Kier molecular flexibility index (Phi) is 2.35. The number of hydrogen-bond acceptors (Lipinski definition) is 2. The molecule has 0 amide bonds. The second kappa shape index (κ2) is 3.39. The molecule has 2 nitrogen and oxygen atoms in total. The number of hydrogen-bond donors (Lipinski definition) is 0. The largest absolute Gasteiger partial charge is 0.496 e. The predicted molar refractivity (Wildman–Crippen MR) is 58.5 cm³/mol. The van der Waals surface area contributed by atoms with Gasteiger partial charge in [0.1, 0.15) is 5.75 Å². The van der Waals surface area contributed by atoms with Gasteiger partial charge in [-0.05, 0) is 25.0 Å². The van der Waals surface area contributed by atoms with Crippen LogP contribution in [0.25, 0.3) is 0 Å². The summed E-state index contributed by atoms with van der Waals surface area (Å²) < 4.78 is 5.19. The fourth-order valence-electron chi connectivity index (χ4n) is 1.93. The van der Waals surface area contributed by atoms with Gasteiger partial charge in [-0.15, -0.1) is 0 Å². The molecule has 0 radical (unpaired) electrons. The number of alkyl halides is 1. The quantitative estimate of drug-likeness (QED) is 0.721. The van der Waals surface area contributed by atoms with Crippen molar-refractivity contribution < 1.29 is 9.53 Å². The average molecular weight is 255 g/mol. The lowest BCUT2D eigenvalue weighted by atomic mass is 10.0. The maximum Gasteiger partial charge on any atom is 0.177 e. The van der Waals surface area contributed by atoms with Gasteiger partial charge in [-0.25, -0.2) is 0 Å².